The second-order valence-electron chi connectivity index (χ2n) is 4.06. The molecule has 4 heteroatoms. The van der Waals surface area contributed by atoms with Gasteiger partial charge in [0.2, 0.25) is 0 Å². The molecule has 2 aromatic rings. The van der Waals surface area contributed by atoms with E-state index in [9.17, 15) is 0 Å². The third kappa shape index (κ3) is 2.27. The van der Waals surface area contributed by atoms with Crippen LogP contribution in [0.2, 0.25) is 0 Å². The molecule has 0 atom stereocenters. The highest BCUT2D eigenvalue weighted by atomic mass is 15.3. The summed E-state index contributed by atoms with van der Waals surface area (Å²) in [6.07, 6.45) is 7.16. The van der Waals surface area contributed by atoms with Crippen molar-refractivity contribution in [3.63, 3.8) is 0 Å². The van der Waals surface area contributed by atoms with Crippen LogP contribution in [-0.4, -0.2) is 14.3 Å². The van der Waals surface area contributed by atoms with Gasteiger partial charge < -0.3 is 9.88 Å². The Labute approximate surface area is 95.9 Å². The maximum Gasteiger partial charge on any atom is 0.0853 e. The first-order valence-corrected chi connectivity index (χ1v) is 5.56. The van der Waals surface area contributed by atoms with Crippen LogP contribution in [0, 0.1) is 0 Å². The summed E-state index contributed by atoms with van der Waals surface area (Å²) in [5.74, 6) is 0. The Hall–Kier alpha value is -1.71. The Morgan fingerprint density at radius 1 is 1.31 bits per heavy atom. The van der Waals surface area contributed by atoms with Crippen LogP contribution in [-0.2, 0) is 27.1 Å². The van der Waals surface area contributed by atoms with Crippen molar-refractivity contribution in [3.05, 3.63) is 35.9 Å². The van der Waals surface area contributed by atoms with E-state index in [0.29, 0.717) is 0 Å². The Morgan fingerprint density at radius 3 is 2.75 bits per heavy atom. The molecule has 0 spiro atoms. The molecule has 0 aliphatic rings. The fraction of sp³-hybridized carbons (Fsp3) is 0.417. The van der Waals surface area contributed by atoms with Gasteiger partial charge in [-0.25, -0.2) is 0 Å². The zero-order valence-corrected chi connectivity index (χ0v) is 10.1. The quantitative estimate of drug-likeness (QED) is 0.851. The highest BCUT2D eigenvalue weighted by molar-refractivity contribution is 5.46. The van der Waals surface area contributed by atoms with E-state index in [4.69, 9.17) is 0 Å². The topological polar surface area (TPSA) is 34.8 Å². The van der Waals surface area contributed by atoms with Crippen LogP contribution < -0.4 is 5.32 Å². The molecule has 0 aromatic carbocycles. The average Bonchev–Trinajstić information content (AvgIpc) is 2.81. The first kappa shape index (κ1) is 10.8. The van der Waals surface area contributed by atoms with Crippen LogP contribution in [0.4, 0.5) is 5.69 Å². The molecule has 0 aliphatic carbocycles. The highest BCUT2D eigenvalue weighted by Crippen LogP contribution is 2.14. The number of hydrogen-bond acceptors (Lipinski definition) is 2. The molecule has 0 amide bonds. The molecule has 0 saturated heterocycles. The van der Waals surface area contributed by atoms with Gasteiger partial charge in [-0.3, -0.25) is 4.68 Å². The zero-order chi connectivity index (χ0) is 11.5. The standard InChI is InChI=1S/C12H18N4/c1-4-11-12(9-16(3)14-11)13-7-10-5-6-15(2)8-10/h5-6,8-9,13H,4,7H2,1-3H3. The Morgan fingerprint density at radius 2 is 2.12 bits per heavy atom. The Balaban J connectivity index is 2.04. The first-order chi connectivity index (χ1) is 7.69. The molecule has 0 aliphatic heterocycles. The number of anilines is 1. The Kier molecular flexibility index (Phi) is 2.99. The van der Waals surface area contributed by atoms with Crippen molar-refractivity contribution in [3.8, 4) is 0 Å². The lowest BCUT2D eigenvalue weighted by atomic mass is 10.3. The van der Waals surface area contributed by atoms with Gasteiger partial charge in [-0.2, -0.15) is 5.10 Å². The first-order valence-electron chi connectivity index (χ1n) is 5.56. The molecule has 1 N–H and O–H groups in total. The van der Waals surface area contributed by atoms with Crippen LogP contribution in [0.5, 0.6) is 0 Å². The van der Waals surface area contributed by atoms with Crippen LogP contribution in [0.15, 0.2) is 24.7 Å². The molecule has 0 fully saturated rings. The van der Waals surface area contributed by atoms with E-state index < -0.39 is 0 Å². The molecule has 2 rings (SSSR count). The average molecular weight is 218 g/mol. The summed E-state index contributed by atoms with van der Waals surface area (Å²) in [5, 5.41) is 7.81. The molecular weight excluding hydrogens is 200 g/mol. The van der Waals surface area contributed by atoms with E-state index in [0.717, 1.165) is 24.3 Å². The maximum atomic E-state index is 4.40. The molecule has 0 unspecified atom stereocenters. The summed E-state index contributed by atoms with van der Waals surface area (Å²) >= 11 is 0. The van der Waals surface area contributed by atoms with Gasteiger partial charge in [0, 0.05) is 39.2 Å². The third-order valence-electron chi connectivity index (χ3n) is 2.62. The van der Waals surface area contributed by atoms with E-state index >= 15 is 0 Å². The number of nitrogens with zero attached hydrogens (tertiary/aromatic N) is 3. The predicted octanol–water partition coefficient (Wildman–Crippen LogP) is 1.93. The molecule has 0 saturated carbocycles. The minimum atomic E-state index is 0.847. The summed E-state index contributed by atoms with van der Waals surface area (Å²) in [6.45, 7) is 2.97. The van der Waals surface area contributed by atoms with Gasteiger partial charge >= 0.3 is 0 Å². The van der Waals surface area contributed by atoms with E-state index in [1.165, 1.54) is 5.56 Å². The van der Waals surface area contributed by atoms with Crippen molar-refractivity contribution >= 4 is 5.69 Å². The van der Waals surface area contributed by atoms with Crippen molar-refractivity contribution in [1.29, 1.82) is 0 Å². The van der Waals surface area contributed by atoms with E-state index in [-0.39, 0.29) is 0 Å². The van der Waals surface area contributed by atoms with E-state index in [1.807, 2.05) is 25.0 Å². The second-order valence-corrected chi connectivity index (χ2v) is 4.06. The number of rotatable bonds is 4. The maximum absolute atomic E-state index is 4.40. The summed E-state index contributed by atoms with van der Waals surface area (Å²) in [6, 6.07) is 2.12. The molecule has 0 radical (unpaired) electrons. The number of aromatic nitrogens is 3. The number of aryl methyl sites for hydroxylation is 3. The minimum Gasteiger partial charge on any atom is -0.378 e. The fourth-order valence-electron chi connectivity index (χ4n) is 1.81. The lowest BCUT2D eigenvalue weighted by Gasteiger charge is -2.03. The van der Waals surface area contributed by atoms with Gasteiger partial charge in [0.1, 0.15) is 0 Å². The SMILES string of the molecule is CCc1nn(C)cc1NCc1ccn(C)c1. The molecule has 16 heavy (non-hydrogen) atoms. The van der Waals surface area contributed by atoms with Gasteiger partial charge in [-0.05, 0) is 18.1 Å². The van der Waals surface area contributed by atoms with Crippen molar-refractivity contribution in [2.75, 3.05) is 5.32 Å². The smallest absolute Gasteiger partial charge is 0.0853 e. The summed E-state index contributed by atoms with van der Waals surface area (Å²) in [4.78, 5) is 0. The second kappa shape index (κ2) is 4.43. The summed E-state index contributed by atoms with van der Waals surface area (Å²) < 4.78 is 3.91. The van der Waals surface area contributed by atoms with Crippen molar-refractivity contribution < 1.29 is 0 Å². The fourth-order valence-corrected chi connectivity index (χ4v) is 1.81. The molecule has 86 valence electrons. The molecular formula is C12H18N4. The van der Waals surface area contributed by atoms with Gasteiger partial charge in [0.25, 0.3) is 0 Å². The van der Waals surface area contributed by atoms with Crippen molar-refractivity contribution in [2.45, 2.75) is 19.9 Å². The summed E-state index contributed by atoms with van der Waals surface area (Å²) in [5.41, 5.74) is 3.54. The third-order valence-corrected chi connectivity index (χ3v) is 2.62. The van der Waals surface area contributed by atoms with E-state index in [1.54, 1.807) is 0 Å². The number of hydrogen-bond donors (Lipinski definition) is 1. The normalized spacial score (nSPS) is 10.7. The lowest BCUT2D eigenvalue weighted by Crippen LogP contribution is -1.99. The Bertz CT molecular complexity index is 467. The van der Waals surface area contributed by atoms with Gasteiger partial charge in [-0.15, -0.1) is 0 Å². The van der Waals surface area contributed by atoms with Crippen LogP contribution >= 0.6 is 0 Å². The van der Waals surface area contributed by atoms with Gasteiger partial charge in [0.15, 0.2) is 0 Å². The van der Waals surface area contributed by atoms with Gasteiger partial charge in [0.05, 0.1) is 11.4 Å². The van der Waals surface area contributed by atoms with E-state index in [2.05, 4.69) is 40.4 Å². The van der Waals surface area contributed by atoms with Gasteiger partial charge in [-0.1, -0.05) is 6.92 Å². The lowest BCUT2D eigenvalue weighted by molar-refractivity contribution is 0.746. The summed E-state index contributed by atoms with van der Waals surface area (Å²) in [7, 11) is 3.98. The largest absolute Gasteiger partial charge is 0.378 e. The highest BCUT2D eigenvalue weighted by Gasteiger charge is 2.05. The monoisotopic (exact) mass is 218 g/mol. The van der Waals surface area contributed by atoms with Crippen molar-refractivity contribution in [2.24, 2.45) is 14.1 Å². The molecule has 0 bridgehead atoms. The molecule has 2 heterocycles. The predicted molar refractivity (Wildman–Crippen MR) is 65.3 cm³/mol. The van der Waals surface area contributed by atoms with Crippen LogP contribution in [0.3, 0.4) is 0 Å². The zero-order valence-electron chi connectivity index (χ0n) is 10.1. The van der Waals surface area contributed by atoms with Crippen molar-refractivity contribution in [1.82, 2.24) is 14.3 Å². The van der Waals surface area contributed by atoms with Crippen LogP contribution in [0.1, 0.15) is 18.2 Å². The van der Waals surface area contributed by atoms with Crippen LogP contribution in [0.25, 0.3) is 0 Å². The molecule has 2 aromatic heterocycles. The number of nitrogens with one attached hydrogen (secondary N) is 1. The minimum absolute atomic E-state index is 0.847. The molecule has 4 nitrogen and oxygen atoms in total.